The Kier molecular flexibility index (Phi) is 5.40. The Morgan fingerprint density at radius 1 is 1.03 bits per heavy atom. The quantitative estimate of drug-likeness (QED) is 0.497. The maximum atomic E-state index is 12.9. The van der Waals surface area contributed by atoms with E-state index in [0.29, 0.717) is 15.2 Å². The summed E-state index contributed by atoms with van der Waals surface area (Å²) >= 11 is 13.3. The molecule has 0 aliphatic rings. The molecule has 0 saturated carbocycles. The van der Waals surface area contributed by atoms with Crippen molar-refractivity contribution in [3.8, 4) is 0 Å². The van der Waals surface area contributed by atoms with Gasteiger partial charge in [0.05, 0.1) is 16.8 Å². The highest BCUT2D eigenvalue weighted by Crippen LogP contribution is 2.28. The zero-order valence-corrected chi connectivity index (χ0v) is 17.6. The number of anilines is 2. The molecule has 0 aliphatic heterocycles. The fourth-order valence-electron chi connectivity index (χ4n) is 2.91. The molecule has 0 radical (unpaired) electrons. The highest BCUT2D eigenvalue weighted by Gasteiger charge is 2.14. The van der Waals surface area contributed by atoms with E-state index in [1.54, 1.807) is 25.1 Å². The summed E-state index contributed by atoms with van der Waals surface area (Å²) in [4.78, 5) is 33.5. The van der Waals surface area contributed by atoms with E-state index in [1.165, 1.54) is 15.9 Å². The van der Waals surface area contributed by atoms with Crippen LogP contribution < -0.4 is 16.7 Å². The molecule has 0 unspecified atom stereocenters. The lowest BCUT2D eigenvalue weighted by Crippen LogP contribution is -2.42. The Hall–Kier alpha value is -2.68. The number of hydrogen-bond acceptors (Lipinski definition) is 6. The molecule has 1 N–H and O–H groups in total. The number of benzene rings is 2. The molecule has 10 heteroatoms. The fourth-order valence-corrected chi connectivity index (χ4v) is 4.11. The van der Waals surface area contributed by atoms with E-state index >= 15 is 0 Å². The Morgan fingerprint density at radius 3 is 2.52 bits per heavy atom. The number of hydrogen-bond donors (Lipinski definition) is 1. The van der Waals surface area contributed by atoms with Crippen molar-refractivity contribution in [2.24, 2.45) is 0 Å². The molecule has 0 saturated heterocycles. The molecule has 29 heavy (non-hydrogen) atoms. The van der Waals surface area contributed by atoms with Gasteiger partial charge in [-0.1, -0.05) is 35.3 Å². The SMILES string of the molecule is CCn1c(=O)nc(Nc2ccc3nc(Cl)sc3c2)n(Cc2ccc(Cl)cc2)c1=O. The second-order valence-electron chi connectivity index (χ2n) is 6.23. The molecule has 4 rings (SSSR count). The van der Waals surface area contributed by atoms with Gasteiger partial charge in [0.2, 0.25) is 5.95 Å². The standard InChI is InChI=1S/C19H15Cl2N5O2S/c1-2-25-18(27)24-17(22-13-7-8-14-15(9-13)29-16(21)23-14)26(19(25)28)10-11-3-5-12(20)6-4-11/h3-9H,2,10H2,1H3,(H,22,24,27). The lowest BCUT2D eigenvalue weighted by atomic mass is 10.2. The van der Waals surface area contributed by atoms with Crippen molar-refractivity contribution < 1.29 is 0 Å². The Morgan fingerprint density at radius 2 is 1.79 bits per heavy atom. The van der Waals surface area contributed by atoms with E-state index in [-0.39, 0.29) is 19.0 Å². The monoisotopic (exact) mass is 447 g/mol. The Bertz CT molecular complexity index is 1310. The van der Waals surface area contributed by atoms with Gasteiger partial charge in [0.25, 0.3) is 0 Å². The van der Waals surface area contributed by atoms with Crippen LogP contribution in [0.25, 0.3) is 10.2 Å². The Balaban J connectivity index is 1.78. The maximum Gasteiger partial charge on any atom is 0.354 e. The van der Waals surface area contributed by atoms with Crippen LogP contribution in [-0.4, -0.2) is 19.1 Å². The summed E-state index contributed by atoms with van der Waals surface area (Å²) in [6, 6.07) is 12.6. The molecular weight excluding hydrogens is 433 g/mol. The van der Waals surface area contributed by atoms with Gasteiger partial charge in [-0.15, -0.1) is 11.3 Å². The van der Waals surface area contributed by atoms with Gasteiger partial charge in [-0.2, -0.15) is 4.98 Å². The van der Waals surface area contributed by atoms with E-state index in [9.17, 15) is 9.59 Å². The summed E-state index contributed by atoms with van der Waals surface area (Å²) in [5.41, 5.74) is 1.26. The first-order valence-electron chi connectivity index (χ1n) is 8.74. The fraction of sp³-hybridized carbons (Fsp3) is 0.158. The third-order valence-corrected chi connectivity index (χ3v) is 5.71. The normalized spacial score (nSPS) is 11.1. The largest absolute Gasteiger partial charge is 0.354 e. The molecule has 0 fully saturated rings. The summed E-state index contributed by atoms with van der Waals surface area (Å²) in [5, 5.41) is 3.69. The van der Waals surface area contributed by atoms with Gasteiger partial charge >= 0.3 is 11.4 Å². The van der Waals surface area contributed by atoms with E-state index in [4.69, 9.17) is 23.2 Å². The summed E-state index contributed by atoms with van der Waals surface area (Å²) in [7, 11) is 0. The first-order chi connectivity index (χ1) is 13.9. The van der Waals surface area contributed by atoms with E-state index in [1.807, 2.05) is 24.3 Å². The molecule has 2 aromatic heterocycles. The molecule has 0 atom stereocenters. The number of thiazole rings is 1. The van der Waals surface area contributed by atoms with Crippen LogP contribution in [0, 0.1) is 0 Å². The van der Waals surface area contributed by atoms with Crippen molar-refractivity contribution in [2.75, 3.05) is 5.32 Å². The van der Waals surface area contributed by atoms with Crippen molar-refractivity contribution in [3.05, 3.63) is 78.5 Å². The van der Waals surface area contributed by atoms with E-state index in [0.717, 1.165) is 20.3 Å². The van der Waals surface area contributed by atoms with Gasteiger partial charge in [0.1, 0.15) is 0 Å². The second-order valence-corrected chi connectivity index (χ2v) is 8.28. The molecule has 7 nitrogen and oxygen atoms in total. The van der Waals surface area contributed by atoms with E-state index < -0.39 is 11.4 Å². The summed E-state index contributed by atoms with van der Waals surface area (Å²) in [5.74, 6) is 0.162. The zero-order valence-electron chi connectivity index (χ0n) is 15.2. The van der Waals surface area contributed by atoms with Gasteiger partial charge < -0.3 is 5.32 Å². The van der Waals surface area contributed by atoms with Gasteiger partial charge in [-0.25, -0.2) is 19.1 Å². The summed E-state index contributed by atoms with van der Waals surface area (Å²) < 4.78 is 3.85. The van der Waals surface area contributed by atoms with Gasteiger partial charge in [-0.05, 0) is 42.8 Å². The van der Waals surface area contributed by atoms with Crippen molar-refractivity contribution in [2.45, 2.75) is 20.0 Å². The summed E-state index contributed by atoms with van der Waals surface area (Å²) in [6.45, 7) is 2.20. The number of nitrogens with zero attached hydrogens (tertiary/aromatic N) is 4. The number of aromatic nitrogens is 4. The van der Waals surface area contributed by atoms with Crippen LogP contribution in [0.5, 0.6) is 0 Å². The van der Waals surface area contributed by atoms with Gasteiger partial charge in [0.15, 0.2) is 4.47 Å². The van der Waals surface area contributed by atoms with E-state index in [2.05, 4.69) is 15.3 Å². The number of fused-ring (bicyclic) bond motifs is 1. The molecule has 148 valence electrons. The van der Waals surface area contributed by atoms with Crippen LogP contribution in [0.15, 0.2) is 52.1 Å². The lowest BCUT2D eigenvalue weighted by Gasteiger charge is -2.15. The van der Waals surface area contributed by atoms with Crippen LogP contribution >= 0.6 is 34.5 Å². The van der Waals surface area contributed by atoms with Crippen molar-refractivity contribution >= 4 is 56.4 Å². The van der Waals surface area contributed by atoms with Crippen LogP contribution in [0.3, 0.4) is 0 Å². The predicted molar refractivity (Wildman–Crippen MR) is 117 cm³/mol. The molecule has 0 spiro atoms. The average molecular weight is 448 g/mol. The molecule has 2 aromatic carbocycles. The third-order valence-electron chi connectivity index (χ3n) is 4.34. The molecule has 4 aromatic rings. The highest BCUT2D eigenvalue weighted by molar-refractivity contribution is 7.22. The predicted octanol–water partition coefficient (Wildman–Crippen LogP) is 4.13. The van der Waals surface area contributed by atoms with Gasteiger partial charge in [-0.3, -0.25) is 4.57 Å². The number of rotatable bonds is 5. The van der Waals surface area contributed by atoms with Crippen LogP contribution in [-0.2, 0) is 13.1 Å². The molecule has 2 heterocycles. The van der Waals surface area contributed by atoms with Crippen molar-refractivity contribution in [1.29, 1.82) is 0 Å². The van der Waals surface area contributed by atoms with Crippen molar-refractivity contribution in [1.82, 2.24) is 19.1 Å². The first-order valence-corrected chi connectivity index (χ1v) is 10.3. The maximum absolute atomic E-state index is 12.9. The topological polar surface area (TPSA) is 81.8 Å². The summed E-state index contributed by atoms with van der Waals surface area (Å²) in [6.07, 6.45) is 0. The molecule has 0 amide bonds. The minimum Gasteiger partial charge on any atom is -0.325 e. The first kappa shape index (κ1) is 19.6. The molecule has 0 bridgehead atoms. The smallest absolute Gasteiger partial charge is 0.325 e. The number of nitrogens with one attached hydrogen (secondary N) is 1. The molecular formula is C19H15Cl2N5O2S. The van der Waals surface area contributed by atoms with Crippen molar-refractivity contribution in [3.63, 3.8) is 0 Å². The molecule has 0 aliphatic carbocycles. The third kappa shape index (κ3) is 4.05. The average Bonchev–Trinajstić information content (AvgIpc) is 3.06. The minimum atomic E-state index is -0.603. The lowest BCUT2D eigenvalue weighted by molar-refractivity contribution is 0.576. The van der Waals surface area contributed by atoms with Crippen LogP contribution in [0.1, 0.15) is 12.5 Å². The second kappa shape index (κ2) is 7.98. The van der Waals surface area contributed by atoms with Crippen LogP contribution in [0.4, 0.5) is 11.6 Å². The van der Waals surface area contributed by atoms with Gasteiger partial charge in [0, 0.05) is 17.3 Å². The Labute approximate surface area is 179 Å². The van der Waals surface area contributed by atoms with Crippen LogP contribution in [0.2, 0.25) is 9.49 Å². The number of halogens is 2. The minimum absolute atomic E-state index is 0.162. The highest BCUT2D eigenvalue weighted by atomic mass is 35.5. The zero-order chi connectivity index (χ0) is 20.5.